The van der Waals surface area contributed by atoms with Crippen LogP contribution in [0.3, 0.4) is 0 Å². The fourth-order valence-electron chi connectivity index (χ4n) is 2.09. The Kier molecular flexibility index (Phi) is 3.64. The topological polar surface area (TPSA) is 59.6 Å². The molecule has 2 N–H and O–H groups in total. The number of aryl methyl sites for hydroxylation is 1. The van der Waals surface area contributed by atoms with Gasteiger partial charge in [0, 0.05) is 17.4 Å². The van der Waals surface area contributed by atoms with E-state index in [2.05, 4.69) is 17.6 Å². The van der Waals surface area contributed by atoms with Crippen molar-refractivity contribution >= 4 is 17.4 Å². The normalized spacial score (nSPS) is 12.0. The number of rotatable bonds is 3. The maximum atomic E-state index is 11.9. The van der Waals surface area contributed by atoms with Gasteiger partial charge in [0.15, 0.2) is 11.5 Å². The molecule has 0 atom stereocenters. The number of nitrogens with one attached hydrogen (secondary N) is 2. The third kappa shape index (κ3) is 3.08. The second-order valence-corrected chi connectivity index (χ2v) is 4.70. The monoisotopic (exact) mass is 284 g/mol. The lowest BCUT2D eigenvalue weighted by Crippen LogP contribution is -2.19. The van der Waals surface area contributed by atoms with Crippen LogP contribution in [-0.2, 0) is 6.42 Å². The van der Waals surface area contributed by atoms with Gasteiger partial charge in [-0.2, -0.15) is 0 Å². The highest BCUT2D eigenvalue weighted by atomic mass is 16.7. The number of hydrogen-bond donors (Lipinski definition) is 2. The number of hydrogen-bond acceptors (Lipinski definition) is 3. The number of amides is 2. The molecule has 0 saturated heterocycles. The van der Waals surface area contributed by atoms with E-state index >= 15 is 0 Å². The van der Waals surface area contributed by atoms with E-state index in [0.29, 0.717) is 17.2 Å². The van der Waals surface area contributed by atoms with Crippen LogP contribution in [0.4, 0.5) is 16.2 Å². The molecule has 1 aliphatic heterocycles. The van der Waals surface area contributed by atoms with Gasteiger partial charge in [0.2, 0.25) is 6.79 Å². The maximum Gasteiger partial charge on any atom is 0.323 e. The van der Waals surface area contributed by atoms with Gasteiger partial charge in [-0.15, -0.1) is 0 Å². The van der Waals surface area contributed by atoms with Gasteiger partial charge in [-0.25, -0.2) is 4.79 Å². The van der Waals surface area contributed by atoms with Crippen molar-refractivity contribution in [1.29, 1.82) is 0 Å². The largest absolute Gasteiger partial charge is 0.454 e. The van der Waals surface area contributed by atoms with Gasteiger partial charge in [0.1, 0.15) is 0 Å². The Morgan fingerprint density at radius 2 is 1.67 bits per heavy atom. The summed E-state index contributed by atoms with van der Waals surface area (Å²) in [6, 6.07) is 12.8. The molecule has 0 spiro atoms. The van der Waals surface area contributed by atoms with Crippen molar-refractivity contribution in [2.45, 2.75) is 13.3 Å². The number of carbonyl (C=O) groups excluding carboxylic acids is 1. The molecule has 5 heteroatoms. The molecule has 21 heavy (non-hydrogen) atoms. The fourth-order valence-corrected chi connectivity index (χ4v) is 2.09. The van der Waals surface area contributed by atoms with Crippen LogP contribution in [0.5, 0.6) is 11.5 Å². The summed E-state index contributed by atoms with van der Waals surface area (Å²) in [5.74, 6) is 1.33. The first kappa shape index (κ1) is 13.3. The number of anilines is 2. The van der Waals surface area contributed by atoms with E-state index in [1.165, 1.54) is 5.56 Å². The summed E-state index contributed by atoms with van der Waals surface area (Å²) in [5, 5.41) is 5.55. The van der Waals surface area contributed by atoms with Crippen LogP contribution in [0.1, 0.15) is 12.5 Å². The van der Waals surface area contributed by atoms with Crippen LogP contribution in [0.25, 0.3) is 0 Å². The Balaban J connectivity index is 1.63. The van der Waals surface area contributed by atoms with E-state index in [1.807, 2.05) is 24.3 Å². The molecule has 0 fully saturated rings. The van der Waals surface area contributed by atoms with Gasteiger partial charge in [-0.05, 0) is 36.2 Å². The lowest BCUT2D eigenvalue weighted by molar-refractivity contribution is 0.174. The van der Waals surface area contributed by atoms with E-state index in [0.717, 1.165) is 12.1 Å². The molecule has 1 heterocycles. The van der Waals surface area contributed by atoms with E-state index in [1.54, 1.807) is 18.2 Å². The molecule has 2 aromatic carbocycles. The zero-order chi connectivity index (χ0) is 14.7. The lowest BCUT2D eigenvalue weighted by Gasteiger charge is -2.08. The van der Waals surface area contributed by atoms with E-state index in [9.17, 15) is 4.79 Å². The second-order valence-electron chi connectivity index (χ2n) is 4.70. The molecule has 0 bridgehead atoms. The van der Waals surface area contributed by atoms with Crippen molar-refractivity contribution in [3.05, 3.63) is 48.0 Å². The quantitative estimate of drug-likeness (QED) is 0.905. The molecule has 2 amide bonds. The summed E-state index contributed by atoms with van der Waals surface area (Å²) in [5.41, 5.74) is 2.64. The predicted octanol–water partition coefficient (Wildman–Crippen LogP) is 3.62. The Morgan fingerprint density at radius 1 is 1.00 bits per heavy atom. The number of fused-ring (bicyclic) bond motifs is 1. The maximum absolute atomic E-state index is 11.9. The first-order valence-electron chi connectivity index (χ1n) is 6.81. The standard InChI is InChI=1S/C16H16N2O3/c1-2-11-3-5-12(6-4-11)17-16(19)18-13-7-8-14-15(9-13)21-10-20-14/h3-9H,2,10H2,1H3,(H2,17,18,19). The van der Waals surface area contributed by atoms with Crippen LogP contribution >= 0.6 is 0 Å². The van der Waals surface area contributed by atoms with Gasteiger partial charge >= 0.3 is 6.03 Å². The summed E-state index contributed by atoms with van der Waals surface area (Å²) in [4.78, 5) is 11.9. The number of ether oxygens (including phenoxy) is 2. The third-order valence-corrected chi connectivity index (χ3v) is 3.25. The average Bonchev–Trinajstić information content (AvgIpc) is 2.95. The van der Waals surface area contributed by atoms with Crippen LogP contribution in [0.2, 0.25) is 0 Å². The predicted molar refractivity (Wildman–Crippen MR) is 81.0 cm³/mol. The number of benzene rings is 2. The summed E-state index contributed by atoms with van der Waals surface area (Å²) >= 11 is 0. The molecule has 0 radical (unpaired) electrons. The zero-order valence-corrected chi connectivity index (χ0v) is 11.7. The molecule has 0 aliphatic carbocycles. The van der Waals surface area contributed by atoms with Crippen molar-refractivity contribution < 1.29 is 14.3 Å². The minimum atomic E-state index is -0.293. The molecule has 1 aliphatic rings. The highest BCUT2D eigenvalue weighted by Gasteiger charge is 2.14. The van der Waals surface area contributed by atoms with Crippen molar-refractivity contribution in [2.75, 3.05) is 17.4 Å². The summed E-state index contributed by atoms with van der Waals surface area (Å²) < 4.78 is 10.5. The van der Waals surface area contributed by atoms with Crippen molar-refractivity contribution in [3.63, 3.8) is 0 Å². The first-order chi connectivity index (χ1) is 10.2. The molecule has 108 valence electrons. The highest BCUT2D eigenvalue weighted by Crippen LogP contribution is 2.34. The van der Waals surface area contributed by atoms with E-state index in [4.69, 9.17) is 9.47 Å². The Morgan fingerprint density at radius 3 is 2.43 bits per heavy atom. The first-order valence-corrected chi connectivity index (χ1v) is 6.81. The second kappa shape index (κ2) is 5.75. The lowest BCUT2D eigenvalue weighted by atomic mass is 10.1. The van der Waals surface area contributed by atoms with E-state index in [-0.39, 0.29) is 12.8 Å². The van der Waals surface area contributed by atoms with Gasteiger partial charge < -0.3 is 20.1 Å². The minimum Gasteiger partial charge on any atom is -0.454 e. The summed E-state index contributed by atoms with van der Waals surface area (Å²) in [6.45, 7) is 2.31. The smallest absolute Gasteiger partial charge is 0.323 e. The highest BCUT2D eigenvalue weighted by molar-refractivity contribution is 5.99. The van der Waals surface area contributed by atoms with Crippen LogP contribution in [-0.4, -0.2) is 12.8 Å². The van der Waals surface area contributed by atoms with Gasteiger partial charge in [0.05, 0.1) is 0 Å². The summed E-state index contributed by atoms with van der Waals surface area (Å²) in [7, 11) is 0. The average molecular weight is 284 g/mol. The SMILES string of the molecule is CCc1ccc(NC(=O)Nc2ccc3c(c2)OCO3)cc1. The third-order valence-electron chi connectivity index (χ3n) is 3.25. The summed E-state index contributed by atoms with van der Waals surface area (Å²) in [6.07, 6.45) is 0.976. The van der Waals surface area contributed by atoms with Gasteiger partial charge in [-0.3, -0.25) is 0 Å². The van der Waals surface area contributed by atoms with Gasteiger partial charge in [0.25, 0.3) is 0 Å². The van der Waals surface area contributed by atoms with E-state index < -0.39 is 0 Å². The Labute approximate surface area is 122 Å². The Hall–Kier alpha value is -2.69. The number of urea groups is 1. The number of carbonyl (C=O) groups is 1. The fraction of sp³-hybridized carbons (Fsp3) is 0.188. The zero-order valence-electron chi connectivity index (χ0n) is 11.7. The molecule has 0 saturated carbocycles. The van der Waals surface area contributed by atoms with Crippen LogP contribution in [0.15, 0.2) is 42.5 Å². The van der Waals surface area contributed by atoms with Crippen molar-refractivity contribution in [3.8, 4) is 11.5 Å². The molecular formula is C16H16N2O3. The molecule has 2 aromatic rings. The minimum absolute atomic E-state index is 0.217. The van der Waals surface area contributed by atoms with Crippen LogP contribution in [0, 0.1) is 0 Å². The van der Waals surface area contributed by atoms with Crippen LogP contribution < -0.4 is 20.1 Å². The molecule has 5 nitrogen and oxygen atoms in total. The van der Waals surface area contributed by atoms with Gasteiger partial charge in [-0.1, -0.05) is 19.1 Å². The Bertz CT molecular complexity index is 653. The molecule has 0 unspecified atom stereocenters. The van der Waals surface area contributed by atoms with Crippen molar-refractivity contribution in [1.82, 2.24) is 0 Å². The molecule has 3 rings (SSSR count). The molecular weight excluding hydrogens is 268 g/mol. The van der Waals surface area contributed by atoms with Crippen molar-refractivity contribution in [2.24, 2.45) is 0 Å². The molecule has 0 aromatic heterocycles.